The number of aryl methyl sites for hydroxylation is 1. The summed E-state index contributed by atoms with van der Waals surface area (Å²) in [4.78, 5) is 8.39. The van der Waals surface area contributed by atoms with E-state index in [0.29, 0.717) is 5.92 Å². The zero-order valence-corrected chi connectivity index (χ0v) is 11.1. The molecule has 0 saturated heterocycles. The van der Waals surface area contributed by atoms with Gasteiger partial charge in [-0.2, -0.15) is 0 Å². The first-order chi connectivity index (χ1) is 8.79. The van der Waals surface area contributed by atoms with Crippen molar-refractivity contribution in [1.29, 1.82) is 0 Å². The molecule has 5 heteroatoms. The third kappa shape index (κ3) is 3.43. The van der Waals surface area contributed by atoms with Crippen LogP contribution >= 0.6 is 0 Å². The topological polar surface area (TPSA) is 47.7 Å². The molecule has 1 N–H and O–H groups in total. The lowest BCUT2D eigenvalue weighted by atomic mass is 10.2. The molecule has 2 aromatic rings. The summed E-state index contributed by atoms with van der Waals surface area (Å²) in [5, 5.41) is 3.46. The Bertz CT molecular complexity index is 446. The first-order valence-electron chi connectivity index (χ1n) is 6.46. The minimum absolute atomic E-state index is 0.573. The molecular weight excluding hydrogens is 226 g/mol. The lowest BCUT2D eigenvalue weighted by Crippen LogP contribution is -2.25. The fraction of sp³-hybridized carbons (Fsp3) is 0.538. The van der Waals surface area contributed by atoms with Crippen LogP contribution in [-0.2, 0) is 19.6 Å². The second-order valence-electron chi connectivity index (χ2n) is 4.63. The first kappa shape index (κ1) is 12.8. The molecule has 0 aromatic carbocycles. The monoisotopic (exact) mass is 247 g/mol. The molecule has 98 valence electrons. The summed E-state index contributed by atoms with van der Waals surface area (Å²) in [6.07, 6.45) is 9.56. The van der Waals surface area contributed by atoms with Gasteiger partial charge in [-0.05, 0) is 19.4 Å². The fourth-order valence-corrected chi connectivity index (χ4v) is 2.04. The molecule has 2 rings (SSSR count). The van der Waals surface area contributed by atoms with Crippen molar-refractivity contribution < 1.29 is 0 Å². The van der Waals surface area contributed by atoms with Gasteiger partial charge in [0.2, 0.25) is 0 Å². The van der Waals surface area contributed by atoms with Gasteiger partial charge in [0.05, 0.1) is 12.9 Å². The van der Waals surface area contributed by atoms with Crippen LogP contribution in [0.1, 0.15) is 19.7 Å². The Morgan fingerprint density at radius 3 is 2.94 bits per heavy atom. The lowest BCUT2D eigenvalue weighted by Gasteiger charge is -2.13. The second kappa shape index (κ2) is 6.35. The maximum Gasteiger partial charge on any atom is 0.122 e. The van der Waals surface area contributed by atoms with Crippen molar-refractivity contribution in [1.82, 2.24) is 24.4 Å². The van der Waals surface area contributed by atoms with E-state index in [1.807, 2.05) is 31.1 Å². The van der Waals surface area contributed by atoms with Gasteiger partial charge in [-0.3, -0.25) is 0 Å². The molecule has 2 aromatic heterocycles. The molecule has 0 aliphatic heterocycles. The van der Waals surface area contributed by atoms with Crippen LogP contribution in [0.25, 0.3) is 0 Å². The molecule has 5 nitrogen and oxygen atoms in total. The zero-order chi connectivity index (χ0) is 12.8. The highest BCUT2D eigenvalue weighted by molar-refractivity contribution is 4.91. The number of imidazole rings is 2. The molecule has 2 heterocycles. The minimum atomic E-state index is 0.573. The van der Waals surface area contributed by atoms with E-state index in [-0.39, 0.29) is 0 Å². The van der Waals surface area contributed by atoms with Gasteiger partial charge in [-0.15, -0.1) is 0 Å². The molecule has 0 fully saturated rings. The van der Waals surface area contributed by atoms with Gasteiger partial charge >= 0.3 is 0 Å². The van der Waals surface area contributed by atoms with Gasteiger partial charge in [0, 0.05) is 37.9 Å². The van der Waals surface area contributed by atoms with Crippen LogP contribution in [-0.4, -0.2) is 25.6 Å². The normalized spacial score (nSPS) is 12.8. The molecule has 0 bridgehead atoms. The number of rotatable bonds is 7. The number of aromatic nitrogens is 4. The third-order valence-electron chi connectivity index (χ3n) is 3.00. The predicted molar refractivity (Wildman–Crippen MR) is 71.0 cm³/mol. The number of hydrogen-bond donors (Lipinski definition) is 1. The zero-order valence-electron chi connectivity index (χ0n) is 11.1. The molecular formula is C13H21N5. The summed E-state index contributed by atoms with van der Waals surface area (Å²) in [5.74, 6) is 1.68. The number of hydrogen-bond acceptors (Lipinski definition) is 3. The summed E-state index contributed by atoms with van der Waals surface area (Å²) in [6.45, 7) is 8.15. The maximum atomic E-state index is 4.34. The van der Waals surface area contributed by atoms with Gasteiger partial charge in [-0.1, -0.05) is 6.92 Å². The van der Waals surface area contributed by atoms with Crippen LogP contribution in [0.15, 0.2) is 31.1 Å². The van der Waals surface area contributed by atoms with Crippen LogP contribution < -0.4 is 5.32 Å². The van der Waals surface area contributed by atoms with Crippen LogP contribution in [0.2, 0.25) is 0 Å². The van der Waals surface area contributed by atoms with E-state index in [9.17, 15) is 0 Å². The Hall–Kier alpha value is -1.62. The number of nitrogens with zero attached hydrogens (tertiary/aromatic N) is 4. The van der Waals surface area contributed by atoms with Crippen molar-refractivity contribution in [2.24, 2.45) is 5.92 Å². The highest BCUT2D eigenvalue weighted by atomic mass is 15.1. The average molecular weight is 247 g/mol. The van der Waals surface area contributed by atoms with Crippen LogP contribution in [0.5, 0.6) is 0 Å². The van der Waals surface area contributed by atoms with E-state index in [1.165, 1.54) is 0 Å². The average Bonchev–Trinajstić information content (AvgIpc) is 3.00. The molecule has 0 aliphatic carbocycles. The van der Waals surface area contributed by atoms with Gasteiger partial charge in [0.1, 0.15) is 5.82 Å². The highest BCUT2D eigenvalue weighted by Gasteiger charge is 2.04. The Morgan fingerprint density at radius 2 is 2.22 bits per heavy atom. The van der Waals surface area contributed by atoms with Crippen molar-refractivity contribution in [2.45, 2.75) is 33.5 Å². The second-order valence-corrected chi connectivity index (χ2v) is 4.63. The molecule has 1 atom stereocenters. The minimum Gasteiger partial charge on any atom is -0.337 e. The van der Waals surface area contributed by atoms with Crippen LogP contribution in [0, 0.1) is 5.92 Å². The molecule has 0 spiro atoms. The van der Waals surface area contributed by atoms with E-state index in [0.717, 1.165) is 32.0 Å². The standard InChI is InChI=1S/C13H21N5/c1-3-18-7-5-16-13(18)9-15-8-12(2)10-17-6-4-14-11-17/h4-7,11-12,15H,3,8-10H2,1-2H3. The van der Waals surface area contributed by atoms with Crippen LogP contribution in [0.4, 0.5) is 0 Å². The van der Waals surface area contributed by atoms with Gasteiger partial charge < -0.3 is 14.5 Å². The summed E-state index contributed by atoms with van der Waals surface area (Å²) in [6, 6.07) is 0. The SMILES string of the molecule is CCn1ccnc1CNCC(C)Cn1ccnc1. The van der Waals surface area contributed by atoms with E-state index in [4.69, 9.17) is 0 Å². The summed E-state index contributed by atoms with van der Waals surface area (Å²) < 4.78 is 4.27. The lowest BCUT2D eigenvalue weighted by molar-refractivity contribution is 0.439. The smallest absolute Gasteiger partial charge is 0.122 e. The molecule has 0 saturated carbocycles. The first-order valence-corrected chi connectivity index (χ1v) is 6.46. The number of nitrogens with one attached hydrogen (secondary N) is 1. The summed E-state index contributed by atoms with van der Waals surface area (Å²) >= 11 is 0. The highest BCUT2D eigenvalue weighted by Crippen LogP contribution is 2.01. The van der Waals surface area contributed by atoms with E-state index in [1.54, 1.807) is 0 Å². The molecule has 0 amide bonds. The molecule has 18 heavy (non-hydrogen) atoms. The van der Waals surface area contributed by atoms with Crippen LogP contribution in [0.3, 0.4) is 0 Å². The van der Waals surface area contributed by atoms with E-state index < -0.39 is 0 Å². The van der Waals surface area contributed by atoms with Crippen molar-refractivity contribution in [3.05, 3.63) is 36.9 Å². The third-order valence-corrected chi connectivity index (χ3v) is 3.00. The molecule has 0 radical (unpaired) electrons. The van der Waals surface area contributed by atoms with Gasteiger partial charge in [0.15, 0.2) is 0 Å². The largest absolute Gasteiger partial charge is 0.337 e. The summed E-state index contributed by atoms with van der Waals surface area (Å²) in [7, 11) is 0. The van der Waals surface area contributed by atoms with Gasteiger partial charge in [0.25, 0.3) is 0 Å². The fourth-order valence-electron chi connectivity index (χ4n) is 2.04. The quantitative estimate of drug-likeness (QED) is 0.807. The van der Waals surface area contributed by atoms with Gasteiger partial charge in [-0.25, -0.2) is 9.97 Å². The summed E-state index contributed by atoms with van der Waals surface area (Å²) in [5.41, 5.74) is 0. The van der Waals surface area contributed by atoms with Crippen molar-refractivity contribution in [3.8, 4) is 0 Å². The van der Waals surface area contributed by atoms with Crippen molar-refractivity contribution in [3.63, 3.8) is 0 Å². The van der Waals surface area contributed by atoms with Crippen molar-refractivity contribution in [2.75, 3.05) is 6.54 Å². The van der Waals surface area contributed by atoms with E-state index >= 15 is 0 Å². The van der Waals surface area contributed by atoms with Crippen molar-refractivity contribution >= 4 is 0 Å². The van der Waals surface area contributed by atoms with E-state index in [2.05, 4.69) is 38.3 Å². The molecule has 0 aliphatic rings. The molecule has 1 unspecified atom stereocenters. The Kier molecular flexibility index (Phi) is 4.52. The maximum absolute atomic E-state index is 4.34. The Labute approximate surface area is 108 Å². The Balaban J connectivity index is 1.72. The predicted octanol–water partition coefficient (Wildman–Crippen LogP) is 1.53. The Morgan fingerprint density at radius 1 is 1.33 bits per heavy atom.